The fraction of sp³-hybridized carbons (Fsp3) is 0.444. The van der Waals surface area contributed by atoms with Gasteiger partial charge in [0.15, 0.2) is 0 Å². The van der Waals surface area contributed by atoms with E-state index in [1.165, 1.54) is 23.9 Å². The van der Waals surface area contributed by atoms with E-state index in [2.05, 4.69) is 15.1 Å². The molecule has 0 spiro atoms. The van der Waals surface area contributed by atoms with E-state index in [0.29, 0.717) is 39.1 Å². The number of thioether (sulfide) groups is 1. The highest BCUT2D eigenvalue weighted by Gasteiger charge is 2.28. The van der Waals surface area contributed by atoms with Crippen LogP contribution in [0.1, 0.15) is 30.9 Å². The molecule has 1 N–H and O–H groups in total. The predicted molar refractivity (Wildman–Crippen MR) is 140 cm³/mol. The number of halogens is 1. The minimum Gasteiger partial charge on any atom is -0.344 e. The molecule has 0 aliphatic carbocycles. The number of anilines is 1. The maximum atomic E-state index is 13.4. The normalized spacial score (nSPS) is 20.0. The van der Waals surface area contributed by atoms with Crippen LogP contribution >= 0.6 is 11.8 Å². The molecule has 4 rings (SSSR count). The Balaban J connectivity index is 1.54. The lowest BCUT2D eigenvalue weighted by molar-refractivity contribution is -0.125. The Bertz CT molecular complexity index is 1080. The summed E-state index contributed by atoms with van der Waals surface area (Å²) in [5, 5.41) is 2.92. The van der Waals surface area contributed by atoms with E-state index in [0.717, 1.165) is 35.5 Å². The minimum atomic E-state index is -0.415. The minimum absolute atomic E-state index is 0.0201. The van der Waals surface area contributed by atoms with Crippen molar-refractivity contribution < 1.29 is 18.8 Å². The van der Waals surface area contributed by atoms with Gasteiger partial charge in [-0.25, -0.2) is 4.39 Å². The number of hydrogen-bond donors (Lipinski definition) is 1. The Labute approximate surface area is 216 Å². The van der Waals surface area contributed by atoms with Gasteiger partial charge in [0.1, 0.15) is 5.82 Å². The van der Waals surface area contributed by atoms with Crippen molar-refractivity contribution in [2.45, 2.75) is 38.9 Å². The molecule has 0 saturated carbocycles. The summed E-state index contributed by atoms with van der Waals surface area (Å²) < 4.78 is 13.4. The average molecular weight is 513 g/mol. The average Bonchev–Trinajstić information content (AvgIpc) is 3.24. The van der Waals surface area contributed by atoms with E-state index in [4.69, 9.17) is 0 Å². The number of benzene rings is 2. The Hall–Kier alpha value is -2.75. The van der Waals surface area contributed by atoms with Gasteiger partial charge in [0.25, 0.3) is 0 Å². The molecule has 36 heavy (non-hydrogen) atoms. The largest absolute Gasteiger partial charge is 0.344 e. The SMILES string of the molecule is CC(=O)N1CCCN(Cc2ccc(F)cc2)CCN(CC(=O)NC2CCSC2=O)Cc2ccccc21. The number of amides is 2. The third-order valence-electron chi connectivity index (χ3n) is 6.60. The molecule has 0 bridgehead atoms. The molecule has 2 aliphatic heterocycles. The molecule has 1 atom stereocenters. The summed E-state index contributed by atoms with van der Waals surface area (Å²) in [7, 11) is 0. The Morgan fingerprint density at radius 3 is 2.50 bits per heavy atom. The van der Waals surface area contributed by atoms with Crippen molar-refractivity contribution in [1.29, 1.82) is 0 Å². The number of nitrogens with zero attached hydrogens (tertiary/aromatic N) is 3. The topological polar surface area (TPSA) is 73.0 Å². The summed E-state index contributed by atoms with van der Waals surface area (Å²) in [6, 6.07) is 13.9. The number of carbonyl (C=O) groups is 3. The third-order valence-corrected chi connectivity index (χ3v) is 7.61. The van der Waals surface area contributed by atoms with Crippen molar-refractivity contribution in [3.63, 3.8) is 0 Å². The zero-order valence-corrected chi connectivity index (χ0v) is 21.4. The van der Waals surface area contributed by atoms with Gasteiger partial charge in [-0.05, 0) is 42.2 Å². The van der Waals surface area contributed by atoms with Gasteiger partial charge in [-0.2, -0.15) is 0 Å². The van der Waals surface area contributed by atoms with Gasteiger partial charge in [0.2, 0.25) is 16.9 Å². The first kappa shape index (κ1) is 26.3. The number of fused-ring (bicyclic) bond motifs is 1. The number of carbonyl (C=O) groups excluding carboxylic acids is 3. The standard InChI is InChI=1S/C27H33FN4O3S/c1-20(33)32-13-4-12-30(17-21-7-9-23(28)10-8-21)14-15-31(18-22-5-2-3-6-25(22)32)19-26(34)29-24-11-16-36-27(24)35/h2-3,5-10,24H,4,11-19H2,1H3,(H,29,34). The van der Waals surface area contributed by atoms with Crippen molar-refractivity contribution in [1.82, 2.24) is 15.1 Å². The van der Waals surface area contributed by atoms with Crippen molar-refractivity contribution in [3.8, 4) is 0 Å². The highest BCUT2D eigenvalue weighted by atomic mass is 32.2. The zero-order chi connectivity index (χ0) is 25.5. The quantitative estimate of drug-likeness (QED) is 0.664. The van der Waals surface area contributed by atoms with Crippen molar-refractivity contribution >= 4 is 34.4 Å². The third kappa shape index (κ3) is 7.15. The van der Waals surface area contributed by atoms with Gasteiger partial charge >= 0.3 is 0 Å². The first-order valence-electron chi connectivity index (χ1n) is 12.4. The number of nitrogens with one attached hydrogen (secondary N) is 1. The van der Waals surface area contributed by atoms with Crippen LogP contribution in [0.15, 0.2) is 48.5 Å². The van der Waals surface area contributed by atoms with Gasteiger partial charge in [0, 0.05) is 57.6 Å². The molecule has 9 heteroatoms. The molecule has 7 nitrogen and oxygen atoms in total. The van der Waals surface area contributed by atoms with E-state index in [-0.39, 0.29) is 29.3 Å². The Morgan fingerprint density at radius 1 is 1.03 bits per heavy atom. The van der Waals surface area contributed by atoms with Crippen molar-refractivity contribution in [2.75, 3.05) is 43.4 Å². The fourth-order valence-corrected chi connectivity index (χ4v) is 5.67. The maximum Gasteiger partial charge on any atom is 0.234 e. The van der Waals surface area contributed by atoms with Crippen molar-refractivity contribution in [3.05, 3.63) is 65.5 Å². The summed E-state index contributed by atoms with van der Waals surface area (Å²) >= 11 is 1.27. The molecule has 2 amide bonds. The number of para-hydroxylation sites is 1. The summed E-state index contributed by atoms with van der Waals surface area (Å²) in [6.45, 7) is 5.60. The summed E-state index contributed by atoms with van der Waals surface area (Å²) in [4.78, 5) is 43.6. The lowest BCUT2D eigenvalue weighted by Crippen LogP contribution is -2.45. The first-order valence-corrected chi connectivity index (χ1v) is 13.4. The zero-order valence-electron chi connectivity index (χ0n) is 20.6. The van der Waals surface area contributed by atoms with E-state index in [1.54, 1.807) is 19.1 Å². The van der Waals surface area contributed by atoms with Gasteiger partial charge in [0.05, 0.1) is 12.6 Å². The Kier molecular flexibility index (Phi) is 9.12. The van der Waals surface area contributed by atoms with Crippen LogP contribution in [0.4, 0.5) is 10.1 Å². The van der Waals surface area contributed by atoms with E-state index in [1.807, 2.05) is 29.2 Å². The van der Waals surface area contributed by atoms with Crippen LogP contribution in [0.3, 0.4) is 0 Å². The highest BCUT2D eigenvalue weighted by molar-refractivity contribution is 8.14. The molecule has 2 heterocycles. The molecule has 192 valence electrons. The molecular weight excluding hydrogens is 479 g/mol. The van der Waals surface area contributed by atoms with Crippen LogP contribution in [0.25, 0.3) is 0 Å². The fourth-order valence-electron chi connectivity index (χ4n) is 4.73. The molecule has 1 fully saturated rings. The predicted octanol–water partition coefficient (Wildman–Crippen LogP) is 3.03. The molecule has 0 radical (unpaired) electrons. The summed E-state index contributed by atoms with van der Waals surface area (Å²) in [5.41, 5.74) is 2.87. The van der Waals surface area contributed by atoms with Crippen LogP contribution in [0.2, 0.25) is 0 Å². The monoisotopic (exact) mass is 512 g/mol. The molecule has 2 aliphatic rings. The van der Waals surface area contributed by atoms with Gasteiger partial charge in [-0.3, -0.25) is 24.2 Å². The second-order valence-electron chi connectivity index (χ2n) is 9.34. The highest BCUT2D eigenvalue weighted by Crippen LogP contribution is 2.24. The molecule has 2 aromatic rings. The van der Waals surface area contributed by atoms with E-state index >= 15 is 0 Å². The van der Waals surface area contributed by atoms with Crippen LogP contribution < -0.4 is 10.2 Å². The smallest absolute Gasteiger partial charge is 0.234 e. The second-order valence-corrected chi connectivity index (χ2v) is 10.4. The second kappa shape index (κ2) is 12.5. The van der Waals surface area contributed by atoms with Crippen LogP contribution in [-0.2, 0) is 27.5 Å². The van der Waals surface area contributed by atoms with E-state index < -0.39 is 6.04 Å². The van der Waals surface area contributed by atoms with Crippen LogP contribution in [0, 0.1) is 5.82 Å². The maximum absolute atomic E-state index is 13.4. The van der Waals surface area contributed by atoms with Crippen LogP contribution in [0.5, 0.6) is 0 Å². The first-order chi connectivity index (χ1) is 17.4. The Morgan fingerprint density at radius 2 is 1.78 bits per heavy atom. The summed E-state index contributed by atoms with van der Waals surface area (Å²) in [6.07, 6.45) is 1.45. The molecule has 1 unspecified atom stereocenters. The van der Waals surface area contributed by atoms with Gasteiger partial charge < -0.3 is 10.2 Å². The molecule has 1 saturated heterocycles. The molecular formula is C27H33FN4O3S. The van der Waals surface area contributed by atoms with Crippen LogP contribution in [-0.4, -0.2) is 71.2 Å². The summed E-state index contributed by atoms with van der Waals surface area (Å²) in [5.74, 6) is 0.285. The number of hydrogen-bond acceptors (Lipinski definition) is 6. The van der Waals surface area contributed by atoms with Gasteiger partial charge in [-0.15, -0.1) is 0 Å². The number of rotatable bonds is 5. The van der Waals surface area contributed by atoms with E-state index in [9.17, 15) is 18.8 Å². The van der Waals surface area contributed by atoms with Gasteiger partial charge in [-0.1, -0.05) is 42.1 Å². The lowest BCUT2D eigenvalue weighted by atomic mass is 10.1. The molecule has 0 aromatic heterocycles. The van der Waals surface area contributed by atoms with Crippen molar-refractivity contribution in [2.24, 2.45) is 0 Å². The molecule has 2 aromatic carbocycles. The lowest BCUT2D eigenvalue weighted by Gasteiger charge is -2.28.